The minimum absolute atomic E-state index is 0.0387. The first-order valence-corrected chi connectivity index (χ1v) is 13.6. The number of hydrogen-bond donors (Lipinski definition) is 0. The molecule has 3 aliphatic rings. The lowest BCUT2D eigenvalue weighted by Crippen LogP contribution is -2.51. The lowest BCUT2D eigenvalue weighted by Gasteiger charge is -2.44. The first-order valence-electron chi connectivity index (χ1n) is 13.6. The summed E-state index contributed by atoms with van der Waals surface area (Å²) in [6.45, 7) is 0.358. The van der Waals surface area contributed by atoms with Gasteiger partial charge in [-0.25, -0.2) is 4.79 Å². The second-order valence-electron chi connectivity index (χ2n) is 10.6. The van der Waals surface area contributed by atoms with Crippen LogP contribution in [0.3, 0.4) is 0 Å². The zero-order valence-electron chi connectivity index (χ0n) is 21.6. The van der Waals surface area contributed by atoms with Crippen LogP contribution in [-0.2, 0) is 4.74 Å². The molecule has 1 amide bonds. The summed E-state index contributed by atoms with van der Waals surface area (Å²) in [4.78, 5) is 15.6. The van der Waals surface area contributed by atoms with E-state index in [1.807, 2.05) is 4.90 Å². The van der Waals surface area contributed by atoms with Crippen molar-refractivity contribution in [1.82, 2.24) is 4.90 Å². The van der Waals surface area contributed by atoms with Crippen LogP contribution in [-0.4, -0.2) is 36.8 Å². The van der Waals surface area contributed by atoms with Gasteiger partial charge in [-0.05, 0) is 70.3 Å². The first-order chi connectivity index (χ1) is 18.7. The van der Waals surface area contributed by atoms with Gasteiger partial charge in [0.05, 0.1) is 13.2 Å². The van der Waals surface area contributed by atoms with Gasteiger partial charge in [-0.2, -0.15) is 0 Å². The molecule has 0 spiro atoms. The summed E-state index contributed by atoms with van der Waals surface area (Å²) in [6.07, 6.45) is 5.98. The molecule has 190 valence electrons. The smallest absolute Gasteiger partial charge is 0.410 e. The Morgan fingerprint density at radius 3 is 2.32 bits per heavy atom. The Balaban J connectivity index is 1.17. The molecule has 1 saturated heterocycles. The topological polar surface area (TPSA) is 38.8 Å². The Labute approximate surface area is 223 Å². The van der Waals surface area contributed by atoms with E-state index in [0.29, 0.717) is 6.61 Å². The van der Waals surface area contributed by atoms with E-state index in [1.54, 1.807) is 7.11 Å². The third-order valence-electron chi connectivity index (χ3n) is 8.62. The van der Waals surface area contributed by atoms with Crippen molar-refractivity contribution in [2.45, 2.75) is 43.7 Å². The van der Waals surface area contributed by atoms with Crippen LogP contribution in [0.2, 0.25) is 0 Å². The summed E-state index contributed by atoms with van der Waals surface area (Å²) in [6, 6.07) is 29.8. The molecule has 4 nitrogen and oxygen atoms in total. The molecule has 1 aliphatic carbocycles. The molecule has 2 aliphatic heterocycles. The first kappa shape index (κ1) is 23.1. The Morgan fingerprint density at radius 1 is 0.868 bits per heavy atom. The number of hydrogen-bond acceptors (Lipinski definition) is 3. The molecule has 38 heavy (non-hydrogen) atoms. The highest BCUT2D eigenvalue weighted by molar-refractivity contribution is 5.97. The van der Waals surface area contributed by atoms with E-state index in [4.69, 9.17) is 9.47 Å². The van der Waals surface area contributed by atoms with Crippen LogP contribution < -0.4 is 4.74 Å². The molecule has 2 unspecified atom stereocenters. The summed E-state index contributed by atoms with van der Waals surface area (Å²) < 4.78 is 11.9. The summed E-state index contributed by atoms with van der Waals surface area (Å²) in [5.74, 6) is 0.963. The Hall–Kier alpha value is -4.05. The molecule has 2 bridgehead atoms. The van der Waals surface area contributed by atoms with E-state index < -0.39 is 0 Å². The van der Waals surface area contributed by atoms with E-state index in [1.165, 1.54) is 38.6 Å². The molecule has 4 aromatic rings. The minimum Gasteiger partial charge on any atom is -0.496 e. The van der Waals surface area contributed by atoms with Crippen LogP contribution in [0, 0.1) is 0 Å². The van der Waals surface area contributed by atoms with E-state index in [0.717, 1.165) is 37.0 Å². The van der Waals surface area contributed by atoms with Crippen LogP contribution in [0.1, 0.15) is 48.3 Å². The van der Waals surface area contributed by atoms with Crippen LogP contribution in [0.25, 0.3) is 27.5 Å². The number of ether oxygens (including phenoxy) is 2. The van der Waals surface area contributed by atoms with E-state index in [2.05, 4.69) is 91.0 Å². The molecule has 2 atom stereocenters. The Morgan fingerprint density at radius 2 is 1.58 bits per heavy atom. The monoisotopic (exact) mass is 501 g/mol. The average molecular weight is 502 g/mol. The number of benzene rings is 4. The maximum Gasteiger partial charge on any atom is 0.410 e. The number of rotatable bonds is 4. The quantitative estimate of drug-likeness (QED) is 0.286. The number of amides is 1. The normalized spacial score (nSPS) is 20.0. The van der Waals surface area contributed by atoms with Crippen LogP contribution in [0.15, 0.2) is 91.0 Å². The lowest BCUT2D eigenvalue weighted by molar-refractivity contribution is 0.0539. The van der Waals surface area contributed by atoms with Crippen molar-refractivity contribution in [3.05, 3.63) is 108 Å². The third-order valence-corrected chi connectivity index (χ3v) is 8.62. The molecular formula is C34H31NO3. The predicted octanol–water partition coefficient (Wildman–Crippen LogP) is 7.81. The van der Waals surface area contributed by atoms with Gasteiger partial charge < -0.3 is 9.47 Å². The van der Waals surface area contributed by atoms with Gasteiger partial charge >= 0.3 is 6.09 Å². The average Bonchev–Trinajstić information content (AvgIpc) is 3.28. The van der Waals surface area contributed by atoms with E-state index in [9.17, 15) is 4.79 Å². The highest BCUT2D eigenvalue weighted by Crippen LogP contribution is 2.46. The van der Waals surface area contributed by atoms with Crippen molar-refractivity contribution in [1.29, 1.82) is 0 Å². The van der Waals surface area contributed by atoms with Gasteiger partial charge in [0.1, 0.15) is 12.4 Å². The fourth-order valence-electron chi connectivity index (χ4n) is 6.92. The van der Waals surface area contributed by atoms with Gasteiger partial charge in [-0.15, -0.1) is 0 Å². The second kappa shape index (κ2) is 9.36. The highest BCUT2D eigenvalue weighted by Gasteiger charge is 2.39. The predicted molar refractivity (Wildman–Crippen MR) is 151 cm³/mol. The van der Waals surface area contributed by atoms with Crippen molar-refractivity contribution < 1.29 is 14.3 Å². The molecule has 4 aromatic carbocycles. The number of carbonyl (C=O) groups excluding carboxylic acids is 1. The number of fused-ring (bicyclic) bond motifs is 6. The van der Waals surface area contributed by atoms with Gasteiger partial charge in [0, 0.05) is 17.5 Å². The largest absolute Gasteiger partial charge is 0.496 e. The van der Waals surface area contributed by atoms with E-state index >= 15 is 0 Å². The van der Waals surface area contributed by atoms with Crippen molar-refractivity contribution in [2.75, 3.05) is 13.7 Å². The molecule has 0 radical (unpaired) electrons. The molecule has 0 saturated carbocycles. The van der Waals surface area contributed by atoms with Gasteiger partial charge in [0.25, 0.3) is 0 Å². The lowest BCUT2D eigenvalue weighted by atomic mass is 9.81. The van der Waals surface area contributed by atoms with Crippen molar-refractivity contribution in [2.24, 2.45) is 0 Å². The number of piperidine rings is 1. The van der Waals surface area contributed by atoms with Crippen molar-refractivity contribution in [3.63, 3.8) is 0 Å². The number of carbonyl (C=O) groups is 1. The number of nitrogens with zero attached hydrogens (tertiary/aromatic N) is 1. The molecule has 7 rings (SSSR count). The molecule has 4 heteroatoms. The molecular weight excluding hydrogens is 470 g/mol. The molecule has 0 N–H and O–H groups in total. The van der Waals surface area contributed by atoms with Crippen LogP contribution in [0.5, 0.6) is 5.75 Å². The Bertz CT molecular complexity index is 1530. The molecule has 2 heterocycles. The maximum absolute atomic E-state index is 13.6. The third kappa shape index (κ3) is 3.70. The van der Waals surface area contributed by atoms with Gasteiger partial charge in [-0.1, -0.05) is 84.9 Å². The standard InChI is InChI=1S/C34H31NO3/c1-37-32-18-17-22-9-2-3-12-26(22)33(32)23-19-24-10-8-11-25(20-23)35(24)34(36)38-21-31-29-15-6-4-13-27(29)28-14-5-7-16-30(28)31/h2-7,9,12-19,24-25,31H,8,10-11,20-21H2,1H3. The molecule has 0 aromatic heterocycles. The van der Waals surface area contributed by atoms with Gasteiger partial charge in [0.15, 0.2) is 0 Å². The van der Waals surface area contributed by atoms with E-state index in [-0.39, 0.29) is 24.1 Å². The minimum atomic E-state index is -0.193. The second-order valence-corrected chi connectivity index (χ2v) is 10.6. The fraction of sp³-hybridized carbons (Fsp3) is 0.265. The van der Waals surface area contributed by atoms with Crippen molar-refractivity contribution >= 4 is 22.4 Å². The van der Waals surface area contributed by atoms with Crippen molar-refractivity contribution in [3.8, 4) is 16.9 Å². The zero-order valence-corrected chi connectivity index (χ0v) is 21.6. The fourth-order valence-corrected chi connectivity index (χ4v) is 6.92. The summed E-state index contributed by atoms with van der Waals surface area (Å²) in [5.41, 5.74) is 7.41. The SMILES string of the molecule is COc1ccc2ccccc2c1C1=CC2CCCC(C1)N2C(=O)OCC1c2ccccc2-c2ccccc21. The number of methoxy groups -OCH3 is 1. The summed E-state index contributed by atoms with van der Waals surface area (Å²) >= 11 is 0. The highest BCUT2D eigenvalue weighted by atomic mass is 16.6. The summed E-state index contributed by atoms with van der Waals surface area (Å²) in [7, 11) is 1.74. The molecule has 1 fully saturated rings. The van der Waals surface area contributed by atoms with Gasteiger partial charge in [-0.3, -0.25) is 4.90 Å². The van der Waals surface area contributed by atoms with Gasteiger partial charge in [0.2, 0.25) is 0 Å². The Kier molecular flexibility index (Phi) is 5.69. The van der Waals surface area contributed by atoms with Crippen LogP contribution >= 0.6 is 0 Å². The van der Waals surface area contributed by atoms with Crippen LogP contribution in [0.4, 0.5) is 4.79 Å². The maximum atomic E-state index is 13.6. The summed E-state index contributed by atoms with van der Waals surface area (Å²) in [5, 5.41) is 2.40. The zero-order chi connectivity index (χ0) is 25.6.